The smallest absolute Gasteiger partial charge is 0.328 e. The summed E-state index contributed by atoms with van der Waals surface area (Å²) in [6.45, 7) is 3.43. The summed E-state index contributed by atoms with van der Waals surface area (Å²) in [4.78, 5) is 19.0. The number of hydrogen-bond donors (Lipinski definition) is 3. The van der Waals surface area contributed by atoms with Crippen LogP contribution in [0, 0.1) is 0 Å². The first-order valence-corrected chi connectivity index (χ1v) is 6.45. The predicted molar refractivity (Wildman–Crippen MR) is 70.8 cm³/mol. The number of aliphatic carboxylic acids is 2. The highest BCUT2D eigenvalue weighted by Crippen LogP contribution is 2.15. The average molecular weight is 300 g/mol. The minimum atomic E-state index is -4.12. The van der Waals surface area contributed by atoms with E-state index in [0.717, 1.165) is 0 Å². The fourth-order valence-corrected chi connectivity index (χ4v) is 1.73. The van der Waals surface area contributed by atoms with Crippen molar-refractivity contribution in [3.05, 3.63) is 48.6 Å². The van der Waals surface area contributed by atoms with Gasteiger partial charge < -0.3 is 10.2 Å². The normalized spacial score (nSPS) is 10.4. The Hall–Kier alpha value is -2.45. The predicted octanol–water partition coefficient (Wildman–Crippen LogP) is 1.29. The topological polar surface area (TPSA) is 129 Å². The number of hydrogen-bond acceptors (Lipinski definition) is 4. The van der Waals surface area contributed by atoms with E-state index in [0.29, 0.717) is 17.7 Å². The first kappa shape index (κ1) is 17.6. The third-order valence-electron chi connectivity index (χ3n) is 1.79. The Labute approximate surface area is 115 Å². The van der Waals surface area contributed by atoms with Gasteiger partial charge in [0.2, 0.25) is 0 Å². The van der Waals surface area contributed by atoms with Crippen LogP contribution in [0.2, 0.25) is 0 Å². The molecule has 0 saturated heterocycles. The van der Waals surface area contributed by atoms with Crippen molar-refractivity contribution in [1.82, 2.24) is 0 Å². The number of carboxylic acids is 2. The quantitative estimate of drug-likeness (QED) is 0.564. The molecule has 1 aromatic rings. The number of carbonyl (C=O) groups is 2. The van der Waals surface area contributed by atoms with E-state index in [9.17, 15) is 18.0 Å². The van der Waals surface area contributed by atoms with Gasteiger partial charge in [-0.15, -0.1) is 0 Å². The van der Waals surface area contributed by atoms with Gasteiger partial charge in [-0.2, -0.15) is 8.42 Å². The van der Waals surface area contributed by atoms with E-state index >= 15 is 0 Å². The molecule has 0 bridgehead atoms. The Kier molecular flexibility index (Phi) is 6.91. The van der Waals surface area contributed by atoms with Gasteiger partial charge in [-0.3, -0.25) is 4.55 Å². The van der Waals surface area contributed by atoms with Crippen molar-refractivity contribution in [2.24, 2.45) is 0 Å². The van der Waals surface area contributed by atoms with Crippen LogP contribution in [0.25, 0.3) is 6.08 Å². The van der Waals surface area contributed by atoms with Gasteiger partial charge in [0.1, 0.15) is 4.90 Å². The highest BCUT2D eigenvalue weighted by Gasteiger charge is 2.11. The first-order chi connectivity index (χ1) is 9.18. The molecule has 8 heteroatoms. The maximum Gasteiger partial charge on any atom is 0.328 e. The molecule has 0 atom stereocenters. The van der Waals surface area contributed by atoms with E-state index < -0.39 is 22.1 Å². The highest BCUT2D eigenvalue weighted by atomic mass is 32.2. The van der Waals surface area contributed by atoms with E-state index in [1.165, 1.54) is 18.2 Å². The number of benzene rings is 1. The molecule has 0 radical (unpaired) electrons. The van der Waals surface area contributed by atoms with E-state index in [1.54, 1.807) is 12.1 Å². The molecule has 1 aromatic carbocycles. The summed E-state index contributed by atoms with van der Waals surface area (Å²) in [7, 11) is -4.12. The van der Waals surface area contributed by atoms with Gasteiger partial charge in [0, 0.05) is 12.2 Å². The van der Waals surface area contributed by atoms with E-state index in [4.69, 9.17) is 14.8 Å². The van der Waals surface area contributed by atoms with Crippen LogP contribution in [0.5, 0.6) is 0 Å². The molecule has 0 unspecified atom stereocenters. The van der Waals surface area contributed by atoms with E-state index in [2.05, 4.69) is 6.58 Å². The Morgan fingerprint density at radius 2 is 1.50 bits per heavy atom. The summed E-state index contributed by atoms with van der Waals surface area (Å²) in [5.74, 6) is -2.51. The molecular formula is C12H12O7S. The average Bonchev–Trinajstić information content (AvgIpc) is 2.36. The van der Waals surface area contributed by atoms with Gasteiger partial charge in [0.05, 0.1) is 0 Å². The van der Waals surface area contributed by atoms with Gasteiger partial charge in [-0.1, -0.05) is 30.9 Å². The van der Waals surface area contributed by atoms with Crippen molar-refractivity contribution >= 4 is 28.1 Å². The standard InChI is InChI=1S/C8H8O3S.C4H4O4/c1-2-7-5-3-4-6-8(7)12(9,10)11;5-3(6)1-2-4(7)8/h2-6H,1H2,(H,9,10,11);1-2H,(H,5,6)(H,7,8)/b;2-1-. The van der Waals surface area contributed by atoms with Gasteiger partial charge in [0.25, 0.3) is 10.1 Å². The maximum atomic E-state index is 10.7. The van der Waals surface area contributed by atoms with Gasteiger partial charge in [0.15, 0.2) is 0 Å². The molecule has 20 heavy (non-hydrogen) atoms. The lowest BCUT2D eigenvalue weighted by Gasteiger charge is -2.00. The summed E-state index contributed by atoms with van der Waals surface area (Å²) in [5.41, 5.74) is 0.403. The fraction of sp³-hybridized carbons (Fsp3) is 0. The van der Waals surface area contributed by atoms with Crippen molar-refractivity contribution in [2.45, 2.75) is 4.90 Å². The molecule has 0 aliphatic rings. The fourth-order valence-electron chi connectivity index (χ4n) is 1.03. The van der Waals surface area contributed by atoms with Gasteiger partial charge in [-0.05, 0) is 11.6 Å². The minimum absolute atomic E-state index is 0.111. The molecular weight excluding hydrogens is 288 g/mol. The summed E-state index contributed by atoms with van der Waals surface area (Å²) in [6.07, 6.45) is 2.49. The monoisotopic (exact) mass is 300 g/mol. The molecule has 0 amide bonds. The molecule has 3 N–H and O–H groups in total. The molecule has 0 heterocycles. The van der Waals surface area contributed by atoms with Crippen LogP contribution in [0.3, 0.4) is 0 Å². The van der Waals surface area contributed by atoms with Crippen LogP contribution in [0.15, 0.2) is 47.9 Å². The Morgan fingerprint density at radius 3 is 1.80 bits per heavy atom. The molecule has 0 aliphatic carbocycles. The Balaban J connectivity index is 0.000000396. The van der Waals surface area contributed by atoms with E-state index in [1.807, 2.05) is 0 Å². The molecule has 0 fully saturated rings. The molecule has 0 aromatic heterocycles. The summed E-state index contributed by atoms with van der Waals surface area (Å²) in [6, 6.07) is 6.10. The molecule has 1 rings (SSSR count). The first-order valence-electron chi connectivity index (χ1n) is 5.01. The largest absolute Gasteiger partial charge is 0.478 e. The van der Waals surface area contributed by atoms with Crippen molar-refractivity contribution in [2.75, 3.05) is 0 Å². The van der Waals surface area contributed by atoms with Crippen LogP contribution < -0.4 is 0 Å². The van der Waals surface area contributed by atoms with Crippen molar-refractivity contribution in [3.8, 4) is 0 Å². The lowest BCUT2D eigenvalue weighted by molar-refractivity contribution is -0.134. The third-order valence-corrected chi connectivity index (χ3v) is 2.71. The second kappa shape index (κ2) is 7.87. The lowest BCUT2D eigenvalue weighted by Crippen LogP contribution is -1.99. The Morgan fingerprint density at radius 1 is 1.05 bits per heavy atom. The van der Waals surface area contributed by atoms with Crippen molar-refractivity contribution in [3.63, 3.8) is 0 Å². The second-order valence-corrected chi connectivity index (χ2v) is 4.62. The zero-order valence-corrected chi connectivity index (χ0v) is 10.9. The van der Waals surface area contributed by atoms with Crippen LogP contribution in [0.1, 0.15) is 5.56 Å². The third kappa shape index (κ3) is 7.09. The Bertz CT molecular complexity index is 613. The minimum Gasteiger partial charge on any atom is -0.478 e. The maximum absolute atomic E-state index is 10.7. The summed E-state index contributed by atoms with van der Waals surface area (Å²) in [5, 5.41) is 15.6. The van der Waals surface area contributed by atoms with Crippen LogP contribution in [-0.2, 0) is 19.7 Å². The number of rotatable bonds is 4. The highest BCUT2D eigenvalue weighted by molar-refractivity contribution is 7.85. The summed E-state index contributed by atoms with van der Waals surface area (Å²) < 4.78 is 30.2. The van der Waals surface area contributed by atoms with Crippen LogP contribution >= 0.6 is 0 Å². The lowest BCUT2D eigenvalue weighted by atomic mass is 10.2. The summed E-state index contributed by atoms with van der Waals surface area (Å²) >= 11 is 0. The molecule has 0 saturated carbocycles. The van der Waals surface area contributed by atoms with Crippen molar-refractivity contribution < 1.29 is 32.8 Å². The van der Waals surface area contributed by atoms with Crippen LogP contribution in [-0.4, -0.2) is 35.1 Å². The molecule has 0 aliphatic heterocycles. The van der Waals surface area contributed by atoms with Crippen LogP contribution in [0.4, 0.5) is 0 Å². The van der Waals surface area contributed by atoms with Crippen molar-refractivity contribution in [1.29, 1.82) is 0 Å². The second-order valence-electron chi connectivity index (χ2n) is 3.23. The SMILES string of the molecule is C=Cc1ccccc1S(=O)(=O)O.O=C(O)/C=C\C(=O)O. The zero-order valence-electron chi connectivity index (χ0n) is 10.1. The molecule has 7 nitrogen and oxygen atoms in total. The molecule has 0 spiro atoms. The van der Waals surface area contributed by atoms with Gasteiger partial charge in [-0.25, -0.2) is 9.59 Å². The number of carboxylic acid groups (broad SMARTS) is 2. The zero-order chi connectivity index (χ0) is 15.8. The van der Waals surface area contributed by atoms with Gasteiger partial charge >= 0.3 is 11.9 Å². The van der Waals surface area contributed by atoms with E-state index in [-0.39, 0.29) is 4.90 Å². The molecule has 108 valence electrons.